The van der Waals surface area contributed by atoms with Crippen molar-refractivity contribution in [1.82, 2.24) is 19.6 Å². The van der Waals surface area contributed by atoms with Gasteiger partial charge in [-0.1, -0.05) is 10.6 Å². The molecule has 0 atom stereocenters. The van der Waals surface area contributed by atoms with Crippen molar-refractivity contribution in [2.75, 3.05) is 0 Å². The molecular formula is C12H5N4S2. The summed E-state index contributed by atoms with van der Waals surface area (Å²) in [6.45, 7) is 0. The van der Waals surface area contributed by atoms with E-state index in [9.17, 15) is 0 Å². The van der Waals surface area contributed by atoms with Crippen molar-refractivity contribution < 1.29 is 0 Å². The van der Waals surface area contributed by atoms with Crippen molar-refractivity contribution in [1.29, 1.82) is 0 Å². The Morgan fingerprint density at radius 2 is 2.06 bits per heavy atom. The first kappa shape index (κ1) is 10.0. The Kier molecular flexibility index (Phi) is 2.12. The molecule has 18 heavy (non-hydrogen) atoms. The van der Waals surface area contributed by atoms with E-state index < -0.39 is 0 Å². The summed E-state index contributed by atoms with van der Waals surface area (Å²) in [5, 5.41) is 8.01. The van der Waals surface area contributed by atoms with Crippen LogP contribution in [0, 0.1) is 6.07 Å². The molecule has 6 heteroatoms. The van der Waals surface area contributed by atoms with E-state index in [0.717, 1.165) is 32.5 Å². The van der Waals surface area contributed by atoms with E-state index in [4.69, 9.17) is 0 Å². The number of thiophene rings is 1. The maximum Gasteiger partial charge on any atom is 0.114 e. The molecule has 1 radical (unpaired) electrons. The Balaban J connectivity index is 1.93. The molecule has 0 saturated heterocycles. The molecule has 0 bridgehead atoms. The smallest absolute Gasteiger partial charge is 0.114 e. The number of benzene rings is 1. The van der Waals surface area contributed by atoms with Gasteiger partial charge in [0.25, 0.3) is 0 Å². The third-order valence-corrected chi connectivity index (χ3v) is 4.04. The van der Waals surface area contributed by atoms with Gasteiger partial charge in [-0.25, -0.2) is 4.98 Å². The third-order valence-electron chi connectivity index (χ3n) is 2.63. The van der Waals surface area contributed by atoms with Crippen molar-refractivity contribution >= 4 is 44.1 Å². The van der Waals surface area contributed by atoms with Gasteiger partial charge in [0.1, 0.15) is 11.0 Å². The summed E-state index contributed by atoms with van der Waals surface area (Å²) in [5.41, 5.74) is 4.35. The summed E-state index contributed by atoms with van der Waals surface area (Å²) in [4.78, 5) is 8.95. The van der Waals surface area contributed by atoms with E-state index in [1.807, 2.05) is 22.9 Å². The monoisotopic (exact) mass is 269 g/mol. The number of nitrogens with zero attached hydrogens (tertiary/aromatic N) is 4. The average molecular weight is 269 g/mol. The Labute approximate surface area is 110 Å². The zero-order chi connectivity index (χ0) is 11.9. The molecular weight excluding hydrogens is 264 g/mol. The molecule has 4 nitrogen and oxygen atoms in total. The van der Waals surface area contributed by atoms with Crippen LogP contribution in [0.4, 0.5) is 0 Å². The molecule has 4 aromatic rings. The van der Waals surface area contributed by atoms with E-state index in [1.54, 1.807) is 17.5 Å². The number of rotatable bonds is 1. The van der Waals surface area contributed by atoms with Crippen LogP contribution in [-0.2, 0) is 0 Å². The molecule has 0 N–H and O–H groups in total. The summed E-state index contributed by atoms with van der Waals surface area (Å²) in [5.74, 6) is 0. The Morgan fingerprint density at radius 1 is 1.11 bits per heavy atom. The SMILES string of the molecule is [c]1c(-c2cnc3cscc3n2)ccc2snnc12. The highest BCUT2D eigenvalue weighted by Gasteiger charge is 2.06. The van der Waals surface area contributed by atoms with Crippen molar-refractivity contribution in [2.45, 2.75) is 0 Å². The van der Waals surface area contributed by atoms with Crippen LogP contribution in [0.1, 0.15) is 0 Å². The predicted octanol–water partition coefficient (Wildman–Crippen LogP) is 3.16. The van der Waals surface area contributed by atoms with Gasteiger partial charge in [-0.15, -0.1) is 16.4 Å². The van der Waals surface area contributed by atoms with E-state index in [-0.39, 0.29) is 0 Å². The van der Waals surface area contributed by atoms with Crippen LogP contribution < -0.4 is 0 Å². The first-order chi connectivity index (χ1) is 8.90. The van der Waals surface area contributed by atoms with Crippen molar-refractivity contribution in [3.05, 3.63) is 35.2 Å². The van der Waals surface area contributed by atoms with Gasteiger partial charge in [0.2, 0.25) is 0 Å². The first-order valence-electron chi connectivity index (χ1n) is 5.24. The fourth-order valence-electron chi connectivity index (χ4n) is 1.75. The molecule has 3 heterocycles. The lowest BCUT2D eigenvalue weighted by molar-refractivity contribution is 1.20. The third kappa shape index (κ3) is 1.50. The van der Waals surface area contributed by atoms with Crippen LogP contribution in [0.5, 0.6) is 0 Å². The second-order valence-electron chi connectivity index (χ2n) is 3.76. The van der Waals surface area contributed by atoms with Gasteiger partial charge in [-0.3, -0.25) is 4.98 Å². The van der Waals surface area contributed by atoms with Crippen molar-refractivity contribution in [2.24, 2.45) is 0 Å². The minimum absolute atomic E-state index is 0.782. The van der Waals surface area contributed by atoms with Crippen molar-refractivity contribution in [3.8, 4) is 11.3 Å². The Hall–Kier alpha value is -1.92. The maximum absolute atomic E-state index is 4.57. The van der Waals surface area contributed by atoms with Gasteiger partial charge in [-0.05, 0) is 17.6 Å². The van der Waals surface area contributed by atoms with Gasteiger partial charge in [-0.2, -0.15) is 0 Å². The summed E-state index contributed by atoms with van der Waals surface area (Å²) in [6, 6.07) is 7.19. The van der Waals surface area contributed by atoms with Gasteiger partial charge in [0.15, 0.2) is 0 Å². The van der Waals surface area contributed by atoms with E-state index in [1.165, 1.54) is 11.5 Å². The molecule has 85 valence electrons. The molecule has 1 aromatic carbocycles. The van der Waals surface area contributed by atoms with E-state index >= 15 is 0 Å². The molecule has 0 aliphatic carbocycles. The quantitative estimate of drug-likeness (QED) is 0.532. The second-order valence-corrected chi connectivity index (χ2v) is 5.28. The van der Waals surface area contributed by atoms with Crippen molar-refractivity contribution in [3.63, 3.8) is 0 Å². The van der Waals surface area contributed by atoms with Crippen LogP contribution in [0.15, 0.2) is 29.1 Å². The predicted molar refractivity (Wildman–Crippen MR) is 72.7 cm³/mol. The largest absolute Gasteiger partial charge is 0.251 e. The molecule has 0 amide bonds. The Morgan fingerprint density at radius 3 is 3.06 bits per heavy atom. The lowest BCUT2D eigenvalue weighted by Crippen LogP contribution is -1.86. The number of aromatic nitrogens is 4. The molecule has 0 spiro atoms. The second kappa shape index (κ2) is 3.79. The summed E-state index contributed by atoms with van der Waals surface area (Å²) in [7, 11) is 0. The Bertz CT molecular complexity index is 777. The highest BCUT2D eigenvalue weighted by Crippen LogP contribution is 2.24. The van der Waals surface area contributed by atoms with Crippen LogP contribution >= 0.6 is 22.9 Å². The van der Waals surface area contributed by atoms with Crippen LogP contribution in [0.2, 0.25) is 0 Å². The number of hydrogen-bond acceptors (Lipinski definition) is 6. The highest BCUT2D eigenvalue weighted by molar-refractivity contribution is 7.12. The van der Waals surface area contributed by atoms with E-state index in [0.29, 0.717) is 0 Å². The van der Waals surface area contributed by atoms with Gasteiger partial charge >= 0.3 is 0 Å². The van der Waals surface area contributed by atoms with Crippen LogP contribution in [0.25, 0.3) is 32.5 Å². The number of hydrogen-bond donors (Lipinski definition) is 0. The van der Waals surface area contributed by atoms with Gasteiger partial charge in [0.05, 0.1) is 22.1 Å². The van der Waals surface area contributed by atoms with Crippen LogP contribution in [0.3, 0.4) is 0 Å². The summed E-state index contributed by atoms with van der Waals surface area (Å²) >= 11 is 2.97. The molecule has 0 unspecified atom stereocenters. The average Bonchev–Trinajstić information content (AvgIpc) is 3.05. The lowest BCUT2D eigenvalue weighted by Gasteiger charge is -1.99. The molecule has 0 saturated carbocycles. The molecule has 0 aliphatic heterocycles. The minimum atomic E-state index is 0.782. The summed E-state index contributed by atoms with van der Waals surface area (Å²) < 4.78 is 4.93. The molecule has 4 rings (SSSR count). The topological polar surface area (TPSA) is 51.6 Å². The maximum atomic E-state index is 4.57. The molecule has 0 aliphatic rings. The standard InChI is InChI=1S/C12H5N4S2/c1-2-12-8(15-16-18-12)3-7(1)9-4-13-10-5-17-6-11(10)14-9/h1-2,4-6H. The zero-order valence-electron chi connectivity index (χ0n) is 8.99. The first-order valence-corrected chi connectivity index (χ1v) is 6.95. The summed E-state index contributed by atoms with van der Waals surface area (Å²) in [6.07, 6.45) is 1.77. The fourth-order valence-corrected chi connectivity index (χ4v) is 2.95. The van der Waals surface area contributed by atoms with Crippen LogP contribution in [-0.4, -0.2) is 19.6 Å². The normalized spacial score (nSPS) is 11.3. The molecule has 0 fully saturated rings. The lowest BCUT2D eigenvalue weighted by atomic mass is 10.1. The van der Waals surface area contributed by atoms with Gasteiger partial charge in [0, 0.05) is 22.4 Å². The zero-order valence-corrected chi connectivity index (χ0v) is 10.6. The highest BCUT2D eigenvalue weighted by atomic mass is 32.1. The molecule has 3 aromatic heterocycles. The fraction of sp³-hybridized carbons (Fsp3) is 0. The van der Waals surface area contributed by atoms with E-state index in [2.05, 4.69) is 25.6 Å². The number of fused-ring (bicyclic) bond motifs is 2. The van der Waals surface area contributed by atoms with Gasteiger partial charge < -0.3 is 0 Å². The minimum Gasteiger partial charge on any atom is -0.251 e.